The lowest BCUT2D eigenvalue weighted by molar-refractivity contribution is -0.384. The second-order valence-corrected chi connectivity index (χ2v) is 7.78. The minimum absolute atomic E-state index is 0.0104. The number of fused-ring (bicyclic) bond motifs is 1. The van der Waals surface area contributed by atoms with Crippen LogP contribution >= 0.6 is 23.5 Å². The van der Waals surface area contributed by atoms with Crippen molar-refractivity contribution in [1.82, 2.24) is 4.90 Å². The van der Waals surface area contributed by atoms with Crippen molar-refractivity contribution >= 4 is 41.1 Å². The monoisotopic (exact) mass is 354 g/mol. The van der Waals surface area contributed by atoms with Gasteiger partial charge in [0.05, 0.1) is 21.3 Å². The summed E-state index contributed by atoms with van der Waals surface area (Å²) in [5.74, 6) is -0.443. The first-order chi connectivity index (χ1) is 11.0. The molecule has 0 aliphatic carbocycles. The highest BCUT2D eigenvalue weighted by molar-refractivity contribution is 8.17. The van der Waals surface area contributed by atoms with Crippen molar-refractivity contribution < 1.29 is 19.2 Å². The van der Waals surface area contributed by atoms with Crippen molar-refractivity contribution in [2.45, 2.75) is 29.0 Å². The molecule has 1 aromatic rings. The lowest BCUT2D eigenvalue weighted by Crippen LogP contribution is -2.55. The van der Waals surface area contributed by atoms with Crippen LogP contribution in [0.25, 0.3) is 0 Å². The smallest absolute Gasteiger partial charge is 0.331 e. The summed E-state index contributed by atoms with van der Waals surface area (Å²) in [5.41, 5.74) is 0.658. The lowest BCUT2D eigenvalue weighted by atomic mass is 10.1. The molecule has 0 saturated carbocycles. The van der Waals surface area contributed by atoms with Crippen molar-refractivity contribution in [3.8, 4) is 0 Å². The van der Waals surface area contributed by atoms with Crippen molar-refractivity contribution in [1.29, 1.82) is 0 Å². The molecule has 9 heteroatoms. The highest BCUT2D eigenvalue weighted by Crippen LogP contribution is 2.48. The van der Waals surface area contributed by atoms with Gasteiger partial charge in [0.25, 0.3) is 5.69 Å². The molecule has 1 aromatic carbocycles. The minimum Gasteiger partial charge on any atom is -0.459 e. The molecule has 2 saturated heterocycles. The van der Waals surface area contributed by atoms with Gasteiger partial charge in [-0.2, -0.15) is 0 Å². The van der Waals surface area contributed by atoms with Gasteiger partial charge in [-0.1, -0.05) is 0 Å². The normalized spacial score (nSPS) is 25.7. The Morgan fingerprint density at radius 3 is 2.74 bits per heavy atom. The van der Waals surface area contributed by atoms with E-state index in [9.17, 15) is 19.7 Å². The highest BCUT2D eigenvalue weighted by atomic mass is 32.2. The van der Waals surface area contributed by atoms with E-state index in [1.807, 2.05) is 6.26 Å². The molecule has 2 aliphatic heterocycles. The maximum atomic E-state index is 12.3. The Kier molecular flexibility index (Phi) is 4.49. The van der Waals surface area contributed by atoms with Crippen molar-refractivity contribution in [2.24, 2.45) is 0 Å². The van der Waals surface area contributed by atoms with Crippen LogP contribution in [0.1, 0.15) is 12.0 Å². The summed E-state index contributed by atoms with van der Waals surface area (Å²) < 4.78 is 5.30. The first-order valence-corrected chi connectivity index (χ1v) is 9.13. The summed E-state index contributed by atoms with van der Waals surface area (Å²) in [6.45, 7) is 0.0335. The molecule has 2 fully saturated rings. The zero-order valence-corrected chi connectivity index (χ0v) is 13.8. The van der Waals surface area contributed by atoms with Gasteiger partial charge in [0, 0.05) is 12.1 Å². The van der Waals surface area contributed by atoms with E-state index in [-0.39, 0.29) is 28.2 Å². The number of carbonyl (C=O) groups excluding carboxylic acids is 2. The van der Waals surface area contributed by atoms with E-state index >= 15 is 0 Å². The molecule has 0 bridgehead atoms. The van der Waals surface area contributed by atoms with E-state index in [0.717, 1.165) is 0 Å². The van der Waals surface area contributed by atoms with Gasteiger partial charge in [0.1, 0.15) is 6.61 Å². The number of benzene rings is 1. The van der Waals surface area contributed by atoms with Gasteiger partial charge in [0.15, 0.2) is 6.04 Å². The molecule has 0 aromatic heterocycles. The first-order valence-electron chi connectivity index (χ1n) is 6.90. The standard InChI is InChI=1S/C14H14N2O5S2/c1-22-14-12(15-10(17)6-11(15)23-14)13(18)21-7-8-2-4-9(5-3-8)16(19)20/h2-5,11-12,14H,6-7H2,1H3/t11-,12+,14+/m1/s1. The number of non-ortho nitro benzene ring substituents is 1. The fourth-order valence-corrected chi connectivity index (χ4v) is 5.22. The topological polar surface area (TPSA) is 89.8 Å². The van der Waals surface area contributed by atoms with Gasteiger partial charge >= 0.3 is 5.97 Å². The summed E-state index contributed by atoms with van der Waals surface area (Å²) in [6.07, 6.45) is 2.39. The van der Waals surface area contributed by atoms with E-state index in [1.54, 1.807) is 28.8 Å². The van der Waals surface area contributed by atoms with Crippen molar-refractivity contribution in [2.75, 3.05) is 6.26 Å². The number of esters is 1. The van der Waals surface area contributed by atoms with Crippen LogP contribution in [0.4, 0.5) is 5.69 Å². The Morgan fingerprint density at radius 1 is 1.48 bits per heavy atom. The molecule has 0 unspecified atom stereocenters. The summed E-state index contributed by atoms with van der Waals surface area (Å²) in [5, 5.41) is 10.7. The number of rotatable bonds is 5. The number of nitrogens with zero attached hydrogens (tertiary/aromatic N) is 2. The highest BCUT2D eigenvalue weighted by Gasteiger charge is 2.55. The Labute approximate surface area is 140 Å². The van der Waals surface area contributed by atoms with Gasteiger partial charge < -0.3 is 9.64 Å². The molecule has 3 atom stereocenters. The second-order valence-electron chi connectivity index (χ2n) is 5.18. The van der Waals surface area contributed by atoms with E-state index in [2.05, 4.69) is 0 Å². The van der Waals surface area contributed by atoms with E-state index < -0.39 is 16.9 Å². The number of hydrogen-bond donors (Lipinski definition) is 0. The third-order valence-electron chi connectivity index (χ3n) is 3.80. The molecule has 122 valence electrons. The zero-order valence-electron chi connectivity index (χ0n) is 12.2. The van der Waals surface area contributed by atoms with Crippen LogP contribution in [0.15, 0.2) is 24.3 Å². The van der Waals surface area contributed by atoms with Gasteiger partial charge in [-0.05, 0) is 24.0 Å². The summed E-state index contributed by atoms with van der Waals surface area (Å²) in [4.78, 5) is 35.8. The van der Waals surface area contributed by atoms with Crippen LogP contribution in [0.5, 0.6) is 0 Å². The third kappa shape index (κ3) is 3.02. The SMILES string of the molecule is CS[C@H]1S[C@@H]2CC(=O)N2[C@H]1C(=O)OCc1ccc([N+](=O)[O-])cc1. The fourth-order valence-electron chi connectivity index (χ4n) is 2.57. The third-order valence-corrected chi connectivity index (χ3v) is 6.67. The Bertz CT molecular complexity index is 651. The van der Waals surface area contributed by atoms with Gasteiger partial charge in [0.2, 0.25) is 5.91 Å². The fraction of sp³-hybridized carbons (Fsp3) is 0.429. The number of carbonyl (C=O) groups is 2. The molecule has 0 N–H and O–H groups in total. The molecular formula is C14H14N2O5S2. The predicted molar refractivity (Wildman–Crippen MR) is 86.8 cm³/mol. The predicted octanol–water partition coefficient (Wildman–Crippen LogP) is 2.00. The minimum atomic E-state index is -0.556. The largest absolute Gasteiger partial charge is 0.459 e. The van der Waals surface area contributed by atoms with Gasteiger partial charge in [-0.15, -0.1) is 23.5 Å². The number of nitro groups is 1. The van der Waals surface area contributed by atoms with Crippen LogP contribution < -0.4 is 0 Å². The summed E-state index contributed by atoms with van der Waals surface area (Å²) in [6, 6.07) is 5.29. The Morgan fingerprint density at radius 2 is 2.17 bits per heavy atom. The molecule has 3 rings (SSSR count). The maximum absolute atomic E-state index is 12.3. The number of hydrogen-bond acceptors (Lipinski definition) is 7. The number of β-lactam (4-membered cyclic amide) rings is 1. The number of thioether (sulfide) groups is 2. The molecule has 0 radical (unpaired) electrons. The van der Waals surface area contributed by atoms with Crippen molar-refractivity contribution in [3.63, 3.8) is 0 Å². The average Bonchev–Trinajstić information content (AvgIpc) is 2.85. The lowest BCUT2D eigenvalue weighted by Gasteiger charge is -2.36. The van der Waals surface area contributed by atoms with Gasteiger partial charge in [-0.25, -0.2) is 4.79 Å². The number of nitro benzene ring substituents is 1. The molecule has 23 heavy (non-hydrogen) atoms. The summed E-state index contributed by atoms with van der Waals surface area (Å²) >= 11 is 3.16. The Balaban J connectivity index is 1.62. The molecule has 2 heterocycles. The van der Waals surface area contributed by atoms with Gasteiger partial charge in [-0.3, -0.25) is 14.9 Å². The number of ether oxygens (including phenoxy) is 1. The van der Waals surface area contributed by atoms with E-state index in [1.165, 1.54) is 23.9 Å². The molecule has 7 nitrogen and oxygen atoms in total. The maximum Gasteiger partial charge on any atom is 0.331 e. The average molecular weight is 354 g/mol. The molecule has 1 amide bonds. The Hall–Kier alpha value is -1.74. The zero-order chi connectivity index (χ0) is 16.6. The van der Waals surface area contributed by atoms with Crippen LogP contribution in [0, 0.1) is 10.1 Å². The molecular weight excluding hydrogens is 340 g/mol. The quantitative estimate of drug-likeness (QED) is 0.346. The molecule has 0 spiro atoms. The second kappa shape index (κ2) is 6.40. The van der Waals surface area contributed by atoms with Crippen LogP contribution in [-0.2, 0) is 20.9 Å². The van der Waals surface area contributed by atoms with Crippen LogP contribution in [0.2, 0.25) is 0 Å². The van der Waals surface area contributed by atoms with E-state index in [0.29, 0.717) is 12.0 Å². The number of amides is 1. The van der Waals surface area contributed by atoms with Crippen LogP contribution in [-0.4, -0.2) is 44.0 Å². The van der Waals surface area contributed by atoms with Crippen molar-refractivity contribution in [3.05, 3.63) is 39.9 Å². The molecule has 2 aliphatic rings. The summed E-state index contributed by atoms with van der Waals surface area (Å²) in [7, 11) is 0. The van der Waals surface area contributed by atoms with Crippen LogP contribution in [0.3, 0.4) is 0 Å². The first kappa shape index (κ1) is 16.1. The van der Waals surface area contributed by atoms with E-state index in [4.69, 9.17) is 4.74 Å².